The fourth-order valence-corrected chi connectivity index (χ4v) is 3.17. The lowest BCUT2D eigenvalue weighted by atomic mass is 10.1. The zero-order chi connectivity index (χ0) is 26.4. The number of unbranched alkanes of at least 4 members (excludes halogenated alkanes) is 1. The third-order valence-electron chi connectivity index (χ3n) is 5.04. The van der Waals surface area contributed by atoms with Gasteiger partial charge in [0.05, 0.1) is 13.2 Å². The van der Waals surface area contributed by atoms with Gasteiger partial charge < -0.3 is 14.2 Å². The lowest BCUT2D eigenvalue weighted by Crippen LogP contribution is -2.09. The molecule has 6 heteroatoms. The molecule has 0 unspecified atom stereocenters. The summed E-state index contributed by atoms with van der Waals surface area (Å²) in [5.74, 6) is 0. The second-order valence-corrected chi connectivity index (χ2v) is 7.99. The van der Waals surface area contributed by atoms with Crippen molar-refractivity contribution >= 4 is 0 Å². The molecule has 0 atom stereocenters. The monoisotopic (exact) mass is 503 g/mol. The molecule has 0 spiro atoms. The Morgan fingerprint density at radius 1 is 0.784 bits per heavy atom. The summed E-state index contributed by atoms with van der Waals surface area (Å²) >= 11 is 0. The van der Waals surface area contributed by atoms with Crippen LogP contribution in [-0.2, 0) is 6.61 Å². The van der Waals surface area contributed by atoms with Crippen LogP contribution in [0.1, 0.15) is 64.9 Å². The van der Waals surface area contributed by atoms with Crippen molar-refractivity contribution in [2.24, 2.45) is 0 Å². The van der Waals surface area contributed by atoms with Crippen molar-refractivity contribution in [2.75, 3.05) is 13.2 Å². The molecule has 0 aliphatic heterocycles. The Kier molecular flexibility index (Phi) is 15.6. The average Bonchev–Trinajstić information content (AvgIpc) is 2.92. The van der Waals surface area contributed by atoms with E-state index in [2.05, 4.69) is 70.5 Å². The topological polar surface area (TPSA) is 66.4 Å². The minimum atomic E-state index is 0.180. The Labute approximate surface area is 222 Å². The number of benzene rings is 1. The van der Waals surface area contributed by atoms with Crippen molar-refractivity contribution in [1.29, 1.82) is 0 Å². The van der Waals surface area contributed by atoms with Crippen LogP contribution in [0.5, 0.6) is 18.0 Å². The molecule has 1 aromatic heterocycles. The van der Waals surface area contributed by atoms with E-state index in [0.29, 0.717) is 19.8 Å². The van der Waals surface area contributed by atoms with Gasteiger partial charge in [0, 0.05) is 6.42 Å². The Bertz CT molecular complexity index is 1030. The molecule has 0 saturated carbocycles. The predicted molar refractivity (Wildman–Crippen MR) is 151 cm³/mol. The molecule has 0 amide bonds. The fraction of sp³-hybridized carbons (Fsp3) is 0.387. The Balaban J connectivity index is 0.00000235. The van der Waals surface area contributed by atoms with Crippen LogP contribution >= 0.6 is 0 Å². The number of hydrogen-bond acceptors (Lipinski definition) is 6. The lowest BCUT2D eigenvalue weighted by Gasteiger charge is -2.10. The van der Waals surface area contributed by atoms with E-state index in [4.69, 9.17) is 14.2 Å². The lowest BCUT2D eigenvalue weighted by molar-refractivity contribution is 0.233. The van der Waals surface area contributed by atoms with Crippen molar-refractivity contribution in [1.82, 2.24) is 15.0 Å². The maximum absolute atomic E-state index is 5.85. The Hall–Kier alpha value is -3.67. The van der Waals surface area contributed by atoms with Gasteiger partial charge in [-0.3, -0.25) is 0 Å². The second kappa shape index (κ2) is 19.5. The molecular weight excluding hydrogens is 462 g/mol. The molecule has 0 N–H and O–H groups in total. The number of ether oxygens (including phenoxy) is 3. The van der Waals surface area contributed by atoms with Gasteiger partial charge in [-0.25, -0.2) is 0 Å². The number of hydrogen-bond donors (Lipinski definition) is 0. The SMILES string of the molecule is CC.CCC/C=C\C=C/CCOc1nc(OCCC2=C/C=C\CC/C=C\2)nc(OCc2ccccc2)n1. The van der Waals surface area contributed by atoms with Gasteiger partial charge in [-0.05, 0) is 36.8 Å². The van der Waals surface area contributed by atoms with E-state index >= 15 is 0 Å². The van der Waals surface area contributed by atoms with Gasteiger partial charge in [-0.15, -0.1) is 15.0 Å². The zero-order valence-electron chi connectivity index (χ0n) is 22.5. The van der Waals surface area contributed by atoms with Crippen molar-refractivity contribution < 1.29 is 14.2 Å². The van der Waals surface area contributed by atoms with Crippen LogP contribution in [0, 0.1) is 0 Å². The number of nitrogens with zero attached hydrogens (tertiary/aromatic N) is 3. The van der Waals surface area contributed by atoms with E-state index in [1.54, 1.807) is 0 Å². The normalized spacial score (nSPS) is 16.1. The molecule has 3 rings (SSSR count). The molecule has 0 bridgehead atoms. The standard InChI is InChI=1S/C29H35N3O3.C2H6/c1-2-3-4-5-6-10-16-22-33-27-30-28(34-23-21-25-17-12-8-7-9-13-18-25)32-29(31-27)35-24-26-19-14-11-15-20-26;1-2/h4-6,8,10-15,17-20H,2-3,7,9,16,21-24H2,1H3;1-2H3/b5-4-,10-6-,12-8-,18-13-,25-17+;. The van der Waals surface area contributed by atoms with E-state index < -0.39 is 0 Å². The summed E-state index contributed by atoms with van der Waals surface area (Å²) in [4.78, 5) is 13.0. The molecule has 0 fully saturated rings. The Morgan fingerprint density at radius 2 is 1.43 bits per heavy atom. The maximum atomic E-state index is 5.85. The number of allylic oxidation sites excluding steroid dienone is 8. The molecule has 1 heterocycles. The van der Waals surface area contributed by atoms with Crippen LogP contribution in [0.15, 0.2) is 90.6 Å². The summed E-state index contributed by atoms with van der Waals surface area (Å²) in [7, 11) is 0. The molecule has 2 aromatic rings. The first-order chi connectivity index (χ1) is 18.3. The summed E-state index contributed by atoms with van der Waals surface area (Å²) in [5.41, 5.74) is 2.22. The molecular formula is C31H41N3O3. The molecule has 6 nitrogen and oxygen atoms in total. The van der Waals surface area contributed by atoms with E-state index in [-0.39, 0.29) is 18.0 Å². The Morgan fingerprint density at radius 3 is 2.16 bits per heavy atom. The first-order valence-corrected chi connectivity index (χ1v) is 13.4. The first-order valence-electron chi connectivity index (χ1n) is 13.4. The molecule has 198 valence electrons. The van der Waals surface area contributed by atoms with Crippen molar-refractivity contribution in [3.63, 3.8) is 0 Å². The summed E-state index contributed by atoms with van der Waals surface area (Å²) in [6.45, 7) is 7.40. The number of aromatic nitrogens is 3. The molecule has 1 aliphatic carbocycles. The van der Waals surface area contributed by atoms with Crippen molar-refractivity contribution in [2.45, 2.75) is 65.9 Å². The van der Waals surface area contributed by atoms with Gasteiger partial charge >= 0.3 is 18.0 Å². The van der Waals surface area contributed by atoms with Crippen LogP contribution in [0.2, 0.25) is 0 Å². The van der Waals surface area contributed by atoms with E-state index in [1.165, 1.54) is 5.57 Å². The summed E-state index contributed by atoms with van der Waals surface area (Å²) in [5, 5.41) is 0. The van der Waals surface area contributed by atoms with E-state index in [9.17, 15) is 0 Å². The van der Waals surface area contributed by atoms with Gasteiger partial charge in [0.2, 0.25) is 0 Å². The second-order valence-electron chi connectivity index (χ2n) is 7.99. The van der Waals surface area contributed by atoms with Gasteiger partial charge in [0.1, 0.15) is 6.61 Å². The summed E-state index contributed by atoms with van der Waals surface area (Å²) < 4.78 is 17.4. The predicted octanol–water partition coefficient (Wildman–Crippen LogP) is 7.76. The highest BCUT2D eigenvalue weighted by molar-refractivity contribution is 5.25. The van der Waals surface area contributed by atoms with E-state index in [0.717, 1.165) is 44.1 Å². The third kappa shape index (κ3) is 13.3. The van der Waals surface area contributed by atoms with Crippen molar-refractivity contribution in [3.8, 4) is 18.0 Å². The van der Waals surface area contributed by atoms with Crippen LogP contribution in [0.25, 0.3) is 0 Å². The smallest absolute Gasteiger partial charge is 0.326 e. The number of rotatable bonds is 14. The van der Waals surface area contributed by atoms with Crippen LogP contribution < -0.4 is 14.2 Å². The molecule has 0 saturated heterocycles. The molecule has 1 aromatic carbocycles. The summed E-state index contributed by atoms with van der Waals surface area (Å²) in [6, 6.07) is 10.4. The molecule has 1 aliphatic rings. The maximum Gasteiger partial charge on any atom is 0.326 e. The van der Waals surface area contributed by atoms with E-state index in [1.807, 2.05) is 50.3 Å². The fourth-order valence-electron chi connectivity index (χ4n) is 3.17. The van der Waals surface area contributed by atoms with Crippen LogP contribution in [0.3, 0.4) is 0 Å². The highest BCUT2D eigenvalue weighted by Crippen LogP contribution is 2.17. The van der Waals surface area contributed by atoms with Crippen molar-refractivity contribution in [3.05, 3.63) is 96.2 Å². The molecule has 37 heavy (non-hydrogen) atoms. The first kappa shape index (κ1) is 29.6. The highest BCUT2D eigenvalue weighted by Gasteiger charge is 2.11. The van der Waals surface area contributed by atoms with Gasteiger partial charge in [-0.2, -0.15) is 0 Å². The zero-order valence-corrected chi connectivity index (χ0v) is 22.5. The summed E-state index contributed by atoms with van der Waals surface area (Å²) in [6.07, 6.45) is 24.9. The molecule has 0 radical (unpaired) electrons. The quantitative estimate of drug-likeness (QED) is 0.194. The van der Waals surface area contributed by atoms with Crippen LogP contribution in [0.4, 0.5) is 0 Å². The minimum absolute atomic E-state index is 0.180. The van der Waals surface area contributed by atoms with Crippen LogP contribution in [-0.4, -0.2) is 28.2 Å². The largest absolute Gasteiger partial charge is 0.463 e. The van der Waals surface area contributed by atoms with Gasteiger partial charge in [0.15, 0.2) is 0 Å². The average molecular weight is 504 g/mol. The van der Waals surface area contributed by atoms with Gasteiger partial charge in [-0.1, -0.05) is 112 Å². The third-order valence-corrected chi connectivity index (χ3v) is 5.04. The minimum Gasteiger partial charge on any atom is -0.463 e. The van der Waals surface area contributed by atoms with Gasteiger partial charge in [0.25, 0.3) is 0 Å². The highest BCUT2D eigenvalue weighted by atomic mass is 16.5.